The van der Waals surface area contributed by atoms with Crippen molar-refractivity contribution in [3.8, 4) is 0 Å². The van der Waals surface area contributed by atoms with Crippen LogP contribution < -0.4 is 0 Å². The Morgan fingerprint density at radius 2 is 1.55 bits per heavy atom. The second-order valence-electron chi connectivity index (χ2n) is 5.70. The van der Waals surface area contributed by atoms with Gasteiger partial charge in [-0.3, -0.25) is 0 Å². The van der Waals surface area contributed by atoms with Gasteiger partial charge in [-0.05, 0) is 18.1 Å². The quantitative estimate of drug-likeness (QED) is 0.818. The standard InChI is InChI=1S/C18H19NO/c1-18(13-16-10-6-3-7-11-16)14-17(19-20-18)12-15-8-4-2-5-9-15/h2-11H,12-14H2,1H3. The van der Waals surface area contributed by atoms with E-state index >= 15 is 0 Å². The fourth-order valence-corrected chi connectivity index (χ4v) is 2.72. The summed E-state index contributed by atoms with van der Waals surface area (Å²) >= 11 is 0. The zero-order chi connectivity index (χ0) is 13.8. The first kappa shape index (κ1) is 12.9. The molecule has 0 saturated heterocycles. The Kier molecular flexibility index (Phi) is 3.55. The monoisotopic (exact) mass is 265 g/mol. The van der Waals surface area contributed by atoms with Crippen molar-refractivity contribution in [1.29, 1.82) is 0 Å². The van der Waals surface area contributed by atoms with E-state index < -0.39 is 0 Å². The van der Waals surface area contributed by atoms with Crippen LogP contribution in [0.4, 0.5) is 0 Å². The summed E-state index contributed by atoms with van der Waals surface area (Å²) in [7, 11) is 0. The molecule has 1 atom stereocenters. The van der Waals surface area contributed by atoms with Crippen LogP contribution in [0.5, 0.6) is 0 Å². The first-order chi connectivity index (χ1) is 9.73. The highest BCUT2D eigenvalue weighted by Gasteiger charge is 2.34. The van der Waals surface area contributed by atoms with Crippen LogP contribution >= 0.6 is 0 Å². The van der Waals surface area contributed by atoms with Crippen molar-refractivity contribution in [2.24, 2.45) is 5.16 Å². The van der Waals surface area contributed by atoms with Crippen molar-refractivity contribution in [1.82, 2.24) is 0 Å². The molecule has 2 aromatic rings. The van der Waals surface area contributed by atoms with Gasteiger partial charge in [-0.25, -0.2) is 0 Å². The van der Waals surface area contributed by atoms with E-state index in [0.29, 0.717) is 0 Å². The predicted octanol–water partition coefficient (Wildman–Crippen LogP) is 4.01. The maximum atomic E-state index is 5.72. The van der Waals surface area contributed by atoms with Crippen molar-refractivity contribution in [3.63, 3.8) is 0 Å². The molecule has 0 spiro atoms. The van der Waals surface area contributed by atoms with Crippen LogP contribution in [0.25, 0.3) is 0 Å². The normalized spacial score (nSPS) is 21.4. The first-order valence-electron chi connectivity index (χ1n) is 7.05. The van der Waals surface area contributed by atoms with Crippen LogP contribution in [-0.4, -0.2) is 11.3 Å². The molecule has 0 aromatic heterocycles. The summed E-state index contributed by atoms with van der Waals surface area (Å²) in [5.74, 6) is 0. The van der Waals surface area contributed by atoms with Gasteiger partial charge >= 0.3 is 0 Å². The van der Waals surface area contributed by atoms with Crippen molar-refractivity contribution < 1.29 is 4.84 Å². The van der Waals surface area contributed by atoms with Gasteiger partial charge in [0, 0.05) is 19.3 Å². The van der Waals surface area contributed by atoms with Gasteiger partial charge in [0.2, 0.25) is 0 Å². The molecule has 0 N–H and O–H groups in total. The zero-order valence-corrected chi connectivity index (χ0v) is 11.8. The van der Waals surface area contributed by atoms with Crippen LogP contribution in [0.15, 0.2) is 65.8 Å². The highest BCUT2D eigenvalue weighted by molar-refractivity contribution is 5.88. The average Bonchev–Trinajstić information content (AvgIpc) is 2.82. The van der Waals surface area contributed by atoms with Gasteiger partial charge in [-0.15, -0.1) is 0 Å². The van der Waals surface area contributed by atoms with Gasteiger partial charge in [0.25, 0.3) is 0 Å². The summed E-state index contributed by atoms with van der Waals surface area (Å²) in [4.78, 5) is 5.72. The minimum absolute atomic E-state index is 0.203. The van der Waals surface area contributed by atoms with E-state index in [1.165, 1.54) is 11.1 Å². The Balaban J connectivity index is 1.63. The molecule has 0 bridgehead atoms. The molecule has 1 aliphatic heterocycles. The molecule has 1 aliphatic rings. The maximum Gasteiger partial charge on any atom is 0.144 e. The van der Waals surface area contributed by atoms with E-state index in [2.05, 4.69) is 60.6 Å². The van der Waals surface area contributed by atoms with E-state index in [0.717, 1.165) is 25.0 Å². The van der Waals surface area contributed by atoms with E-state index in [-0.39, 0.29) is 5.60 Å². The van der Waals surface area contributed by atoms with Crippen LogP contribution in [0, 0.1) is 0 Å². The lowest BCUT2D eigenvalue weighted by molar-refractivity contribution is -0.00283. The summed E-state index contributed by atoms with van der Waals surface area (Å²) in [6, 6.07) is 20.9. The van der Waals surface area contributed by atoms with E-state index in [1.807, 2.05) is 12.1 Å². The number of hydrogen-bond donors (Lipinski definition) is 0. The molecule has 102 valence electrons. The second-order valence-corrected chi connectivity index (χ2v) is 5.70. The highest BCUT2D eigenvalue weighted by atomic mass is 16.7. The molecule has 0 aliphatic carbocycles. The predicted molar refractivity (Wildman–Crippen MR) is 81.8 cm³/mol. The Hall–Kier alpha value is -2.09. The average molecular weight is 265 g/mol. The summed E-state index contributed by atoms with van der Waals surface area (Å²) < 4.78 is 0. The topological polar surface area (TPSA) is 21.6 Å². The third-order valence-electron chi connectivity index (χ3n) is 3.65. The fraction of sp³-hybridized carbons (Fsp3) is 0.278. The van der Waals surface area contributed by atoms with Crippen molar-refractivity contribution >= 4 is 5.71 Å². The van der Waals surface area contributed by atoms with Gasteiger partial charge in [0.05, 0.1) is 5.71 Å². The lowest BCUT2D eigenvalue weighted by Crippen LogP contribution is -2.28. The maximum absolute atomic E-state index is 5.72. The molecule has 0 fully saturated rings. The van der Waals surface area contributed by atoms with Gasteiger partial charge in [0.1, 0.15) is 5.60 Å². The number of nitrogens with zero attached hydrogens (tertiary/aromatic N) is 1. The van der Waals surface area contributed by atoms with Crippen LogP contribution in [0.1, 0.15) is 24.5 Å². The molecular weight excluding hydrogens is 246 g/mol. The molecular formula is C18H19NO. The number of rotatable bonds is 4. The number of oxime groups is 1. The van der Waals surface area contributed by atoms with E-state index in [9.17, 15) is 0 Å². The van der Waals surface area contributed by atoms with E-state index in [4.69, 9.17) is 4.84 Å². The van der Waals surface area contributed by atoms with Crippen molar-refractivity contribution in [2.45, 2.75) is 31.8 Å². The van der Waals surface area contributed by atoms with Crippen molar-refractivity contribution in [3.05, 3.63) is 71.8 Å². The molecule has 2 aromatic carbocycles. The fourth-order valence-electron chi connectivity index (χ4n) is 2.72. The van der Waals surface area contributed by atoms with Gasteiger partial charge in [0.15, 0.2) is 0 Å². The van der Waals surface area contributed by atoms with Crippen molar-refractivity contribution in [2.75, 3.05) is 0 Å². The molecule has 1 unspecified atom stereocenters. The zero-order valence-electron chi connectivity index (χ0n) is 11.8. The van der Waals surface area contributed by atoms with Gasteiger partial charge in [-0.2, -0.15) is 0 Å². The second kappa shape index (κ2) is 5.49. The number of benzene rings is 2. The minimum atomic E-state index is -0.203. The molecule has 0 radical (unpaired) electrons. The molecule has 3 rings (SSSR count). The molecule has 2 heteroatoms. The molecule has 1 heterocycles. The number of hydrogen-bond acceptors (Lipinski definition) is 2. The summed E-state index contributed by atoms with van der Waals surface area (Å²) in [6.07, 6.45) is 2.68. The Labute approximate surface area is 120 Å². The van der Waals surface area contributed by atoms with Gasteiger partial charge < -0.3 is 4.84 Å². The van der Waals surface area contributed by atoms with Gasteiger partial charge in [-0.1, -0.05) is 65.8 Å². The SMILES string of the molecule is CC1(Cc2ccccc2)CC(Cc2ccccc2)=NO1. The Bertz CT molecular complexity index is 591. The summed E-state index contributed by atoms with van der Waals surface area (Å²) in [6.45, 7) is 2.14. The molecule has 20 heavy (non-hydrogen) atoms. The third-order valence-corrected chi connectivity index (χ3v) is 3.65. The smallest absolute Gasteiger partial charge is 0.144 e. The molecule has 0 saturated carbocycles. The largest absolute Gasteiger partial charge is 0.389 e. The molecule has 2 nitrogen and oxygen atoms in total. The lowest BCUT2D eigenvalue weighted by Gasteiger charge is -2.21. The van der Waals surface area contributed by atoms with E-state index in [1.54, 1.807) is 0 Å². The van der Waals surface area contributed by atoms with Crippen LogP contribution in [0.2, 0.25) is 0 Å². The molecule has 0 amide bonds. The highest BCUT2D eigenvalue weighted by Crippen LogP contribution is 2.28. The Morgan fingerprint density at radius 1 is 0.950 bits per heavy atom. The summed E-state index contributed by atoms with van der Waals surface area (Å²) in [5.41, 5.74) is 3.52. The first-order valence-corrected chi connectivity index (χ1v) is 7.05. The Morgan fingerprint density at radius 3 is 2.20 bits per heavy atom. The van der Waals surface area contributed by atoms with Crippen LogP contribution in [-0.2, 0) is 17.7 Å². The summed E-state index contributed by atoms with van der Waals surface area (Å²) in [5, 5.41) is 4.30. The minimum Gasteiger partial charge on any atom is -0.389 e. The van der Waals surface area contributed by atoms with Crippen LogP contribution in [0.3, 0.4) is 0 Å². The third kappa shape index (κ3) is 3.08. The lowest BCUT2D eigenvalue weighted by atomic mass is 9.90.